The van der Waals surface area contributed by atoms with Crippen LogP contribution in [0.2, 0.25) is 0 Å². The second-order valence-electron chi connectivity index (χ2n) is 10.2. The zero-order valence-corrected chi connectivity index (χ0v) is 20.3. The Labute approximate surface area is 193 Å². The number of alkyl halides is 1. The van der Waals surface area contributed by atoms with E-state index in [0.29, 0.717) is 17.7 Å². The van der Waals surface area contributed by atoms with Gasteiger partial charge in [0, 0.05) is 23.9 Å². The van der Waals surface area contributed by atoms with Crippen LogP contribution in [0.1, 0.15) is 71.6 Å². The second-order valence-corrected chi connectivity index (χ2v) is 10.9. The summed E-state index contributed by atoms with van der Waals surface area (Å²) in [7, 11) is 1.43. The smallest absolute Gasteiger partial charge is 0.308 e. The Bertz CT molecular complexity index is 572. The summed E-state index contributed by atoms with van der Waals surface area (Å²) in [4.78, 5) is 27.2. The second kappa shape index (κ2) is 12.4. The first-order valence-corrected chi connectivity index (χ1v) is 12.6. The van der Waals surface area contributed by atoms with Crippen LogP contribution in [0.25, 0.3) is 0 Å². The van der Waals surface area contributed by atoms with Crippen molar-refractivity contribution in [1.82, 2.24) is 10.2 Å². The molecule has 2 aliphatic carbocycles. The maximum absolute atomic E-state index is 12.9. The van der Waals surface area contributed by atoms with Crippen LogP contribution in [-0.4, -0.2) is 60.4 Å². The first-order chi connectivity index (χ1) is 14.4. The fraction of sp³-hybridized carbons (Fsp3) is 0.917. The molecule has 0 spiro atoms. The number of hydrogen-bond acceptors (Lipinski definition) is 4. The highest BCUT2D eigenvalue weighted by molar-refractivity contribution is 6.20. The first kappa shape index (κ1) is 26.4. The molecule has 6 nitrogen and oxygen atoms in total. The Morgan fingerprint density at radius 3 is 2.13 bits per heavy atom. The molecule has 1 amide bonds. The Kier molecular flexibility index (Phi) is 10.6. The van der Waals surface area contributed by atoms with Gasteiger partial charge < -0.3 is 20.4 Å². The summed E-state index contributed by atoms with van der Waals surface area (Å²) in [6.45, 7) is 7.58. The molecule has 3 aliphatic rings. The van der Waals surface area contributed by atoms with E-state index < -0.39 is 0 Å². The number of likely N-dealkylation sites (tertiary alicyclic amines) is 1. The molecule has 1 saturated heterocycles. The summed E-state index contributed by atoms with van der Waals surface area (Å²) in [5, 5.41) is 3.72. The zero-order chi connectivity index (χ0) is 21.7. The van der Waals surface area contributed by atoms with Gasteiger partial charge in [-0.25, -0.2) is 0 Å². The maximum atomic E-state index is 12.9. The number of piperidine rings is 1. The van der Waals surface area contributed by atoms with E-state index in [4.69, 9.17) is 16.3 Å². The number of halogens is 1. The number of hydrogen-bond donors (Lipinski definition) is 1. The van der Waals surface area contributed by atoms with Gasteiger partial charge in [0.1, 0.15) is 0 Å². The number of esters is 1. The predicted molar refractivity (Wildman–Crippen MR) is 124 cm³/mol. The number of nitrogens with zero attached hydrogens (tertiary/aromatic N) is 1. The number of amides is 1. The minimum atomic E-state index is -0.173. The van der Waals surface area contributed by atoms with Gasteiger partial charge in [-0.05, 0) is 88.6 Å². The van der Waals surface area contributed by atoms with Gasteiger partial charge in [0.25, 0.3) is 0 Å². The van der Waals surface area contributed by atoms with Crippen molar-refractivity contribution in [3.63, 3.8) is 0 Å². The van der Waals surface area contributed by atoms with Crippen LogP contribution in [0.3, 0.4) is 0 Å². The zero-order valence-electron chi connectivity index (χ0n) is 19.6. The first-order valence-electron chi connectivity index (χ1n) is 12.1. The largest absolute Gasteiger partial charge is 0.469 e. The van der Waals surface area contributed by atoms with E-state index in [1.807, 2.05) is 0 Å². The molecule has 0 unspecified atom stereocenters. The Morgan fingerprint density at radius 2 is 1.55 bits per heavy atom. The van der Waals surface area contributed by atoms with E-state index in [-0.39, 0.29) is 35.2 Å². The molecule has 0 radical (unpaired) electrons. The van der Waals surface area contributed by atoms with E-state index in [9.17, 15) is 9.59 Å². The van der Waals surface area contributed by atoms with Crippen LogP contribution < -0.4 is 5.32 Å². The number of ether oxygens (including phenoxy) is 1. The van der Waals surface area contributed by atoms with E-state index in [0.717, 1.165) is 44.3 Å². The molecule has 3 N–H and O–H groups in total. The number of methoxy groups -OCH3 is 1. The highest BCUT2D eigenvalue weighted by atomic mass is 35.5. The van der Waals surface area contributed by atoms with Crippen molar-refractivity contribution in [2.75, 3.05) is 26.7 Å². The van der Waals surface area contributed by atoms with Crippen LogP contribution >= 0.6 is 11.6 Å². The fourth-order valence-corrected chi connectivity index (χ4v) is 6.01. The standard InChI is InChI=1S/C24H41ClN2O3.H2O/c1-16(2)22(26-23(28)19-4-5-20(14-19)24(29)30-3)15-27-12-10-18(11-13-27)17-6-8-21(25)9-7-17;/h16-22H,4-15H2,1-3H3,(H,26,28);1H2/t17?,19-,20+,21?,22+;/m1./s1. The third kappa shape index (κ3) is 7.33. The van der Waals surface area contributed by atoms with E-state index in [1.54, 1.807) is 0 Å². The fourth-order valence-electron chi connectivity index (χ4n) is 5.76. The quantitative estimate of drug-likeness (QED) is 0.467. The van der Waals surface area contributed by atoms with Crippen LogP contribution in [0, 0.1) is 29.6 Å². The number of nitrogens with one attached hydrogen (secondary N) is 1. The van der Waals surface area contributed by atoms with Crippen LogP contribution in [0.4, 0.5) is 0 Å². The number of rotatable bonds is 7. The third-order valence-electron chi connectivity index (χ3n) is 7.93. The highest BCUT2D eigenvalue weighted by Crippen LogP contribution is 2.37. The van der Waals surface area contributed by atoms with Gasteiger partial charge in [-0.15, -0.1) is 11.6 Å². The molecule has 3 atom stereocenters. The summed E-state index contributed by atoms with van der Waals surface area (Å²) in [5.41, 5.74) is 0. The van der Waals surface area contributed by atoms with Gasteiger partial charge in [0.05, 0.1) is 13.0 Å². The van der Waals surface area contributed by atoms with Gasteiger partial charge in [-0.2, -0.15) is 0 Å². The number of carbonyl (C=O) groups is 2. The Morgan fingerprint density at radius 1 is 0.968 bits per heavy atom. The van der Waals surface area contributed by atoms with Crippen molar-refractivity contribution in [3.05, 3.63) is 0 Å². The van der Waals surface area contributed by atoms with Crippen molar-refractivity contribution >= 4 is 23.5 Å². The summed E-state index contributed by atoms with van der Waals surface area (Å²) in [6, 6.07) is 0.165. The predicted octanol–water partition coefficient (Wildman–Crippen LogP) is 3.40. The average Bonchev–Trinajstić information content (AvgIpc) is 3.24. The Balaban J connectivity index is 0.00000341. The molecule has 7 heteroatoms. The lowest BCUT2D eigenvalue weighted by atomic mass is 9.75. The van der Waals surface area contributed by atoms with E-state index >= 15 is 0 Å². The minimum absolute atomic E-state index is 0. The topological polar surface area (TPSA) is 90.1 Å². The van der Waals surface area contributed by atoms with Gasteiger partial charge in [0.15, 0.2) is 0 Å². The van der Waals surface area contributed by atoms with E-state index in [1.165, 1.54) is 45.6 Å². The molecule has 180 valence electrons. The number of carbonyl (C=O) groups excluding carboxylic acids is 2. The van der Waals surface area contributed by atoms with Crippen molar-refractivity contribution < 1.29 is 19.8 Å². The molecule has 2 saturated carbocycles. The molecule has 0 bridgehead atoms. The molecule has 0 aromatic heterocycles. The minimum Gasteiger partial charge on any atom is -0.469 e. The lowest BCUT2D eigenvalue weighted by Crippen LogP contribution is -2.50. The third-order valence-corrected chi connectivity index (χ3v) is 8.36. The lowest BCUT2D eigenvalue weighted by molar-refractivity contribution is -0.145. The Hall–Kier alpha value is -0.850. The molecule has 1 heterocycles. The molecule has 0 aromatic rings. The molecular formula is C24H43ClN2O4. The van der Waals surface area contributed by atoms with Gasteiger partial charge in [0.2, 0.25) is 5.91 Å². The SMILES string of the molecule is COC(=O)[C@H]1CC[C@@H](C(=O)N[C@@H](CN2CCC(C3CCC(Cl)CC3)CC2)C(C)C)C1.O. The molecule has 1 aliphatic heterocycles. The van der Waals surface area contributed by atoms with Crippen molar-refractivity contribution in [1.29, 1.82) is 0 Å². The van der Waals surface area contributed by atoms with Crippen LogP contribution in [-0.2, 0) is 14.3 Å². The van der Waals surface area contributed by atoms with Crippen LogP contribution in [0.5, 0.6) is 0 Å². The summed E-state index contributed by atoms with van der Waals surface area (Å²) in [6.07, 6.45) is 9.70. The van der Waals surface area contributed by atoms with E-state index in [2.05, 4.69) is 24.1 Å². The van der Waals surface area contributed by atoms with Crippen molar-refractivity contribution in [2.24, 2.45) is 29.6 Å². The monoisotopic (exact) mass is 458 g/mol. The summed E-state index contributed by atoms with van der Waals surface area (Å²) < 4.78 is 4.86. The molecule has 31 heavy (non-hydrogen) atoms. The van der Waals surface area contributed by atoms with Gasteiger partial charge >= 0.3 is 5.97 Å². The highest BCUT2D eigenvalue weighted by Gasteiger charge is 2.36. The normalized spacial score (nSPS) is 31.1. The molecule has 3 fully saturated rings. The molecule has 0 aromatic carbocycles. The van der Waals surface area contributed by atoms with Crippen molar-refractivity contribution in [2.45, 2.75) is 83.1 Å². The average molecular weight is 459 g/mol. The maximum Gasteiger partial charge on any atom is 0.308 e. The molecular weight excluding hydrogens is 416 g/mol. The van der Waals surface area contributed by atoms with Gasteiger partial charge in [-0.3, -0.25) is 9.59 Å². The summed E-state index contributed by atoms with van der Waals surface area (Å²) in [5.74, 6) is 1.89. The molecule has 3 rings (SSSR count). The van der Waals surface area contributed by atoms with Crippen LogP contribution in [0.15, 0.2) is 0 Å². The summed E-state index contributed by atoms with van der Waals surface area (Å²) >= 11 is 6.28. The lowest BCUT2D eigenvalue weighted by Gasteiger charge is -2.40. The van der Waals surface area contributed by atoms with Crippen molar-refractivity contribution in [3.8, 4) is 0 Å². The van der Waals surface area contributed by atoms with Gasteiger partial charge in [-0.1, -0.05) is 13.8 Å².